The van der Waals surface area contributed by atoms with E-state index in [1.165, 1.54) is 0 Å². The van der Waals surface area contributed by atoms with Crippen LogP contribution in [0, 0.1) is 6.92 Å². The number of rotatable bonds is 3. The summed E-state index contributed by atoms with van der Waals surface area (Å²) in [6.45, 7) is 4.62. The first kappa shape index (κ1) is 10.5. The molecule has 2 aromatic heterocycles. The lowest BCUT2D eigenvalue weighted by molar-refractivity contribution is 0.962. The first-order valence-corrected chi connectivity index (χ1v) is 5.17. The number of aromatic nitrogens is 4. The average Bonchev–Trinajstić information content (AvgIpc) is 2.30. The maximum atomic E-state index is 4.30. The molecule has 0 amide bonds. The molecule has 0 saturated carbocycles. The van der Waals surface area contributed by atoms with Gasteiger partial charge in [-0.05, 0) is 26.0 Å². The van der Waals surface area contributed by atoms with E-state index in [1.54, 1.807) is 6.20 Å². The SMILES string of the molecule is CCNc1nc(C)nc(-c2ccccn2)n1. The van der Waals surface area contributed by atoms with E-state index < -0.39 is 0 Å². The van der Waals surface area contributed by atoms with Crippen molar-refractivity contribution in [2.75, 3.05) is 11.9 Å². The second kappa shape index (κ2) is 4.65. The van der Waals surface area contributed by atoms with Crippen LogP contribution in [0.1, 0.15) is 12.7 Å². The third-order valence-electron chi connectivity index (χ3n) is 1.98. The summed E-state index contributed by atoms with van der Waals surface area (Å²) < 4.78 is 0. The molecular formula is C11H13N5. The van der Waals surface area contributed by atoms with Gasteiger partial charge in [-0.3, -0.25) is 4.98 Å². The first-order chi connectivity index (χ1) is 7.79. The molecule has 0 atom stereocenters. The summed E-state index contributed by atoms with van der Waals surface area (Å²) in [4.78, 5) is 17.0. The third kappa shape index (κ3) is 2.31. The molecule has 1 N–H and O–H groups in total. The lowest BCUT2D eigenvalue weighted by Gasteiger charge is -2.04. The molecule has 0 aromatic carbocycles. The van der Waals surface area contributed by atoms with Crippen molar-refractivity contribution < 1.29 is 0 Å². The molecule has 0 aliphatic carbocycles. The Hall–Kier alpha value is -2.04. The largest absolute Gasteiger partial charge is 0.354 e. The van der Waals surface area contributed by atoms with Gasteiger partial charge in [0.25, 0.3) is 0 Å². The highest BCUT2D eigenvalue weighted by molar-refractivity contribution is 5.50. The highest BCUT2D eigenvalue weighted by Crippen LogP contribution is 2.12. The van der Waals surface area contributed by atoms with Crippen molar-refractivity contribution in [3.05, 3.63) is 30.2 Å². The van der Waals surface area contributed by atoms with Crippen molar-refractivity contribution >= 4 is 5.95 Å². The Bertz CT molecular complexity index is 469. The molecular weight excluding hydrogens is 202 g/mol. The van der Waals surface area contributed by atoms with Crippen molar-refractivity contribution in [2.45, 2.75) is 13.8 Å². The van der Waals surface area contributed by atoms with E-state index in [0.717, 1.165) is 12.2 Å². The van der Waals surface area contributed by atoms with Crippen molar-refractivity contribution in [3.8, 4) is 11.5 Å². The van der Waals surface area contributed by atoms with Gasteiger partial charge in [0.1, 0.15) is 11.5 Å². The highest BCUT2D eigenvalue weighted by Gasteiger charge is 2.05. The van der Waals surface area contributed by atoms with Crippen LogP contribution in [0.5, 0.6) is 0 Å². The topological polar surface area (TPSA) is 63.6 Å². The number of nitrogens with one attached hydrogen (secondary N) is 1. The minimum Gasteiger partial charge on any atom is -0.354 e. The predicted molar refractivity (Wildman–Crippen MR) is 62.0 cm³/mol. The number of aryl methyl sites for hydroxylation is 1. The minimum absolute atomic E-state index is 0.593. The highest BCUT2D eigenvalue weighted by atomic mass is 15.2. The zero-order chi connectivity index (χ0) is 11.4. The second-order valence-corrected chi connectivity index (χ2v) is 3.28. The van der Waals surface area contributed by atoms with Gasteiger partial charge in [-0.15, -0.1) is 0 Å². The van der Waals surface area contributed by atoms with Crippen LogP contribution in [0.25, 0.3) is 11.5 Å². The molecule has 0 saturated heterocycles. The molecule has 82 valence electrons. The van der Waals surface area contributed by atoms with Crippen molar-refractivity contribution in [1.29, 1.82) is 0 Å². The van der Waals surface area contributed by atoms with Gasteiger partial charge in [0.05, 0.1) is 0 Å². The van der Waals surface area contributed by atoms with Gasteiger partial charge in [-0.2, -0.15) is 9.97 Å². The molecule has 0 aliphatic rings. The smallest absolute Gasteiger partial charge is 0.226 e. The summed E-state index contributed by atoms with van der Waals surface area (Å²) in [6, 6.07) is 5.65. The van der Waals surface area contributed by atoms with Crippen molar-refractivity contribution in [2.24, 2.45) is 0 Å². The first-order valence-electron chi connectivity index (χ1n) is 5.17. The lowest BCUT2D eigenvalue weighted by atomic mass is 10.3. The van der Waals surface area contributed by atoms with Crippen LogP contribution in [0.15, 0.2) is 24.4 Å². The molecule has 0 fully saturated rings. The molecule has 2 aromatic rings. The van der Waals surface area contributed by atoms with Gasteiger partial charge in [0.2, 0.25) is 5.95 Å². The van der Waals surface area contributed by atoms with Gasteiger partial charge < -0.3 is 5.32 Å². The molecule has 0 radical (unpaired) electrons. The Kier molecular flexibility index (Phi) is 3.05. The Labute approximate surface area is 94.0 Å². The van der Waals surface area contributed by atoms with Gasteiger partial charge in [0.15, 0.2) is 5.82 Å². The average molecular weight is 215 g/mol. The van der Waals surface area contributed by atoms with Gasteiger partial charge in [-0.1, -0.05) is 6.07 Å². The van der Waals surface area contributed by atoms with E-state index >= 15 is 0 Å². The zero-order valence-corrected chi connectivity index (χ0v) is 9.31. The summed E-state index contributed by atoms with van der Waals surface area (Å²) in [6.07, 6.45) is 1.72. The molecule has 16 heavy (non-hydrogen) atoms. The van der Waals surface area contributed by atoms with E-state index in [1.807, 2.05) is 32.0 Å². The Morgan fingerprint density at radius 1 is 1.19 bits per heavy atom. The fourth-order valence-electron chi connectivity index (χ4n) is 1.33. The second-order valence-electron chi connectivity index (χ2n) is 3.28. The van der Waals surface area contributed by atoms with Crippen LogP contribution in [0.4, 0.5) is 5.95 Å². The molecule has 0 spiro atoms. The predicted octanol–water partition coefficient (Wildman–Crippen LogP) is 1.67. The normalized spacial score (nSPS) is 10.1. The fraction of sp³-hybridized carbons (Fsp3) is 0.273. The minimum atomic E-state index is 0.593. The summed E-state index contributed by atoms with van der Waals surface area (Å²) in [7, 11) is 0. The van der Waals surface area contributed by atoms with Gasteiger partial charge in [-0.25, -0.2) is 4.98 Å². The Morgan fingerprint density at radius 3 is 2.75 bits per heavy atom. The van der Waals surface area contributed by atoms with E-state index in [4.69, 9.17) is 0 Å². The molecule has 2 rings (SSSR count). The van der Waals surface area contributed by atoms with Crippen LogP contribution in [0.2, 0.25) is 0 Å². The summed E-state index contributed by atoms with van der Waals surface area (Å²) in [5, 5.41) is 3.07. The van der Waals surface area contributed by atoms with Crippen molar-refractivity contribution in [3.63, 3.8) is 0 Å². The van der Waals surface area contributed by atoms with Gasteiger partial charge >= 0.3 is 0 Å². The number of anilines is 1. The number of hydrogen-bond donors (Lipinski definition) is 1. The quantitative estimate of drug-likeness (QED) is 0.843. The lowest BCUT2D eigenvalue weighted by Crippen LogP contribution is -2.06. The van der Waals surface area contributed by atoms with Crippen LogP contribution in [-0.2, 0) is 0 Å². The molecule has 5 heteroatoms. The maximum Gasteiger partial charge on any atom is 0.226 e. The van der Waals surface area contributed by atoms with Crippen LogP contribution in [-0.4, -0.2) is 26.5 Å². The standard InChI is InChI=1S/C11H13N5/c1-3-12-11-15-8(2)14-10(16-11)9-6-4-5-7-13-9/h4-7H,3H2,1-2H3,(H,12,14,15,16). The van der Waals surface area contributed by atoms with Crippen molar-refractivity contribution in [1.82, 2.24) is 19.9 Å². The number of hydrogen-bond acceptors (Lipinski definition) is 5. The van der Waals surface area contributed by atoms with E-state index in [-0.39, 0.29) is 0 Å². The van der Waals surface area contributed by atoms with Crippen LogP contribution >= 0.6 is 0 Å². The fourth-order valence-corrected chi connectivity index (χ4v) is 1.33. The van der Waals surface area contributed by atoms with E-state index in [0.29, 0.717) is 17.6 Å². The molecule has 2 heterocycles. The molecule has 0 bridgehead atoms. The van der Waals surface area contributed by atoms with E-state index in [2.05, 4.69) is 25.3 Å². The Morgan fingerprint density at radius 2 is 2.06 bits per heavy atom. The monoisotopic (exact) mass is 215 g/mol. The van der Waals surface area contributed by atoms with Crippen LogP contribution in [0.3, 0.4) is 0 Å². The maximum absolute atomic E-state index is 4.30. The van der Waals surface area contributed by atoms with E-state index in [9.17, 15) is 0 Å². The molecule has 5 nitrogen and oxygen atoms in total. The summed E-state index contributed by atoms with van der Waals surface area (Å²) in [5.74, 6) is 1.88. The third-order valence-corrected chi connectivity index (χ3v) is 1.98. The Balaban J connectivity index is 2.41. The molecule has 0 unspecified atom stereocenters. The summed E-state index contributed by atoms with van der Waals surface area (Å²) in [5.41, 5.74) is 0.757. The van der Waals surface area contributed by atoms with Crippen LogP contribution < -0.4 is 5.32 Å². The molecule has 0 aliphatic heterocycles. The van der Waals surface area contributed by atoms with Gasteiger partial charge in [0, 0.05) is 12.7 Å². The summed E-state index contributed by atoms with van der Waals surface area (Å²) >= 11 is 0. The number of nitrogens with zero attached hydrogens (tertiary/aromatic N) is 4. The number of pyridine rings is 1. The zero-order valence-electron chi connectivity index (χ0n) is 9.31.